The smallest absolute Gasteiger partial charge is 0.314 e. The SMILES string of the molecule is COc1ccc(C2(C(=O)O)CC2)cc1C1CCCC1. The highest BCUT2D eigenvalue weighted by Gasteiger charge is 2.52. The van der Waals surface area contributed by atoms with E-state index in [9.17, 15) is 9.90 Å². The number of carboxylic acid groups (broad SMARTS) is 1. The van der Waals surface area contributed by atoms with Gasteiger partial charge >= 0.3 is 5.97 Å². The predicted octanol–water partition coefficient (Wildman–Crippen LogP) is 3.47. The van der Waals surface area contributed by atoms with Crippen LogP contribution in [0.5, 0.6) is 5.75 Å². The summed E-state index contributed by atoms with van der Waals surface area (Å²) in [4.78, 5) is 11.4. The van der Waals surface area contributed by atoms with Crippen molar-refractivity contribution in [3.8, 4) is 5.75 Å². The molecule has 0 unspecified atom stereocenters. The van der Waals surface area contributed by atoms with Crippen LogP contribution in [0.15, 0.2) is 18.2 Å². The summed E-state index contributed by atoms with van der Waals surface area (Å²) in [5, 5.41) is 9.41. The maximum absolute atomic E-state index is 11.4. The van der Waals surface area contributed by atoms with Gasteiger partial charge in [0.05, 0.1) is 12.5 Å². The lowest BCUT2D eigenvalue weighted by molar-refractivity contribution is -0.140. The number of carbonyl (C=O) groups is 1. The Morgan fingerprint density at radius 2 is 2.00 bits per heavy atom. The van der Waals surface area contributed by atoms with E-state index in [0.717, 1.165) is 24.2 Å². The standard InChI is InChI=1S/C16H20O3/c1-19-14-7-6-12(16(8-9-16)15(17)18)10-13(14)11-4-2-3-5-11/h6-7,10-11H,2-5,8-9H2,1H3,(H,17,18). The molecule has 0 bridgehead atoms. The second-order valence-corrected chi connectivity index (χ2v) is 5.83. The monoisotopic (exact) mass is 260 g/mol. The zero-order chi connectivity index (χ0) is 13.5. The maximum atomic E-state index is 11.4. The third-order valence-electron chi connectivity index (χ3n) is 4.74. The molecule has 2 aliphatic rings. The molecule has 1 N–H and O–H groups in total. The van der Waals surface area contributed by atoms with Gasteiger partial charge in [-0.05, 0) is 48.8 Å². The second kappa shape index (κ2) is 4.55. The summed E-state index contributed by atoms with van der Waals surface area (Å²) in [6, 6.07) is 5.97. The fourth-order valence-corrected chi connectivity index (χ4v) is 3.34. The van der Waals surface area contributed by atoms with Crippen LogP contribution in [0.25, 0.3) is 0 Å². The fraction of sp³-hybridized carbons (Fsp3) is 0.562. The van der Waals surface area contributed by atoms with E-state index in [0.29, 0.717) is 5.92 Å². The third-order valence-corrected chi connectivity index (χ3v) is 4.74. The van der Waals surface area contributed by atoms with Gasteiger partial charge in [0.25, 0.3) is 0 Å². The van der Waals surface area contributed by atoms with Gasteiger partial charge in [-0.3, -0.25) is 4.79 Å². The Hall–Kier alpha value is -1.51. The van der Waals surface area contributed by atoms with Crippen molar-refractivity contribution < 1.29 is 14.6 Å². The second-order valence-electron chi connectivity index (χ2n) is 5.83. The molecule has 3 rings (SSSR count). The van der Waals surface area contributed by atoms with E-state index in [1.165, 1.54) is 31.2 Å². The third kappa shape index (κ3) is 2.01. The largest absolute Gasteiger partial charge is 0.496 e. The molecular formula is C16H20O3. The average molecular weight is 260 g/mol. The Bertz CT molecular complexity index is 497. The van der Waals surface area contributed by atoms with E-state index in [2.05, 4.69) is 6.07 Å². The van der Waals surface area contributed by atoms with Crippen LogP contribution in [0.2, 0.25) is 0 Å². The van der Waals surface area contributed by atoms with Crippen LogP contribution in [0.1, 0.15) is 55.6 Å². The van der Waals surface area contributed by atoms with Crippen LogP contribution in [0.4, 0.5) is 0 Å². The molecule has 102 valence electrons. The van der Waals surface area contributed by atoms with Gasteiger partial charge in [-0.2, -0.15) is 0 Å². The molecule has 0 aromatic heterocycles. The zero-order valence-corrected chi connectivity index (χ0v) is 11.3. The number of hydrogen-bond donors (Lipinski definition) is 1. The summed E-state index contributed by atoms with van der Waals surface area (Å²) in [6.45, 7) is 0. The van der Waals surface area contributed by atoms with Crippen molar-refractivity contribution in [1.82, 2.24) is 0 Å². The molecule has 0 saturated heterocycles. The van der Waals surface area contributed by atoms with Gasteiger partial charge in [0.1, 0.15) is 5.75 Å². The first kappa shape index (κ1) is 12.5. The van der Waals surface area contributed by atoms with Crippen LogP contribution in [-0.2, 0) is 10.2 Å². The Morgan fingerprint density at radius 1 is 1.32 bits per heavy atom. The van der Waals surface area contributed by atoms with E-state index in [1.54, 1.807) is 7.11 Å². The molecule has 3 nitrogen and oxygen atoms in total. The van der Waals surface area contributed by atoms with E-state index in [-0.39, 0.29) is 0 Å². The lowest BCUT2D eigenvalue weighted by atomic mass is 9.89. The van der Waals surface area contributed by atoms with Crippen molar-refractivity contribution in [1.29, 1.82) is 0 Å². The molecule has 0 spiro atoms. The first-order chi connectivity index (χ1) is 9.17. The van der Waals surface area contributed by atoms with Crippen LogP contribution >= 0.6 is 0 Å². The van der Waals surface area contributed by atoms with E-state index in [4.69, 9.17) is 4.74 Å². The van der Waals surface area contributed by atoms with Crippen molar-refractivity contribution in [2.75, 3.05) is 7.11 Å². The minimum Gasteiger partial charge on any atom is -0.496 e. The van der Waals surface area contributed by atoms with Gasteiger partial charge in [-0.1, -0.05) is 25.0 Å². The first-order valence-electron chi connectivity index (χ1n) is 7.09. The molecule has 2 fully saturated rings. The fourth-order valence-electron chi connectivity index (χ4n) is 3.34. The number of aliphatic carboxylic acids is 1. The highest BCUT2D eigenvalue weighted by molar-refractivity contribution is 5.85. The predicted molar refractivity (Wildman–Crippen MR) is 72.8 cm³/mol. The van der Waals surface area contributed by atoms with Gasteiger partial charge in [-0.15, -0.1) is 0 Å². The average Bonchev–Trinajstić information content (AvgIpc) is 3.06. The number of benzene rings is 1. The molecular weight excluding hydrogens is 240 g/mol. The van der Waals surface area contributed by atoms with Crippen LogP contribution in [0.3, 0.4) is 0 Å². The molecule has 2 saturated carbocycles. The van der Waals surface area contributed by atoms with Crippen molar-refractivity contribution in [2.45, 2.75) is 49.9 Å². The quantitative estimate of drug-likeness (QED) is 0.901. The molecule has 1 aromatic carbocycles. The van der Waals surface area contributed by atoms with Crippen molar-refractivity contribution in [3.05, 3.63) is 29.3 Å². The van der Waals surface area contributed by atoms with Crippen LogP contribution in [-0.4, -0.2) is 18.2 Å². The minimum atomic E-state index is -0.685. The van der Waals surface area contributed by atoms with Crippen molar-refractivity contribution in [3.63, 3.8) is 0 Å². The molecule has 0 atom stereocenters. The van der Waals surface area contributed by atoms with Gasteiger partial charge in [0.2, 0.25) is 0 Å². The van der Waals surface area contributed by atoms with Gasteiger partial charge < -0.3 is 9.84 Å². The highest BCUT2D eigenvalue weighted by atomic mass is 16.5. The number of hydrogen-bond acceptors (Lipinski definition) is 2. The summed E-state index contributed by atoms with van der Waals surface area (Å²) in [6.07, 6.45) is 6.45. The Balaban J connectivity index is 1.99. The number of methoxy groups -OCH3 is 1. The first-order valence-corrected chi connectivity index (χ1v) is 7.09. The van der Waals surface area contributed by atoms with E-state index >= 15 is 0 Å². The van der Waals surface area contributed by atoms with Crippen LogP contribution in [0, 0.1) is 0 Å². The topological polar surface area (TPSA) is 46.5 Å². The lowest BCUT2D eigenvalue weighted by Gasteiger charge is -2.18. The highest BCUT2D eigenvalue weighted by Crippen LogP contribution is 2.50. The van der Waals surface area contributed by atoms with Crippen molar-refractivity contribution in [2.24, 2.45) is 0 Å². The number of rotatable bonds is 4. The zero-order valence-electron chi connectivity index (χ0n) is 11.3. The molecule has 19 heavy (non-hydrogen) atoms. The number of ether oxygens (including phenoxy) is 1. The molecule has 0 heterocycles. The molecule has 0 amide bonds. The van der Waals surface area contributed by atoms with Gasteiger partial charge in [0, 0.05) is 0 Å². The number of carboxylic acids is 1. The Kier molecular flexibility index (Phi) is 3.00. The van der Waals surface area contributed by atoms with Gasteiger partial charge in [-0.25, -0.2) is 0 Å². The van der Waals surface area contributed by atoms with Gasteiger partial charge in [0.15, 0.2) is 0 Å². The molecule has 1 aromatic rings. The summed E-state index contributed by atoms with van der Waals surface area (Å²) in [5.74, 6) is 0.770. The van der Waals surface area contributed by atoms with Crippen LogP contribution < -0.4 is 4.74 Å². The lowest BCUT2D eigenvalue weighted by Crippen LogP contribution is -2.19. The normalized spacial score (nSPS) is 21.3. The summed E-state index contributed by atoms with van der Waals surface area (Å²) >= 11 is 0. The van der Waals surface area contributed by atoms with E-state index in [1.807, 2.05) is 12.1 Å². The summed E-state index contributed by atoms with van der Waals surface area (Å²) < 4.78 is 5.46. The molecule has 0 aliphatic heterocycles. The Morgan fingerprint density at radius 3 is 2.53 bits per heavy atom. The summed E-state index contributed by atoms with van der Waals surface area (Å²) in [5.41, 5.74) is 1.56. The molecule has 3 heteroatoms. The summed E-state index contributed by atoms with van der Waals surface area (Å²) in [7, 11) is 1.69. The Labute approximate surface area is 113 Å². The van der Waals surface area contributed by atoms with Crippen molar-refractivity contribution >= 4 is 5.97 Å². The molecule has 2 aliphatic carbocycles. The van der Waals surface area contributed by atoms with E-state index < -0.39 is 11.4 Å². The minimum absolute atomic E-state index is 0.541. The molecule has 0 radical (unpaired) electrons. The maximum Gasteiger partial charge on any atom is 0.314 e.